The van der Waals surface area contributed by atoms with E-state index in [-0.39, 0.29) is 30.1 Å². The highest BCUT2D eigenvalue weighted by molar-refractivity contribution is 5.90. The molecule has 11 heteroatoms. The molecule has 2 aliphatic heterocycles. The third-order valence-electron chi connectivity index (χ3n) is 7.03. The van der Waals surface area contributed by atoms with Crippen molar-refractivity contribution in [2.75, 3.05) is 32.7 Å². The van der Waals surface area contributed by atoms with Gasteiger partial charge in [-0.1, -0.05) is 30.3 Å². The lowest BCUT2D eigenvalue weighted by atomic mass is 9.81. The lowest BCUT2D eigenvalue weighted by Gasteiger charge is -2.36. The summed E-state index contributed by atoms with van der Waals surface area (Å²) >= 11 is 0. The molecule has 1 aromatic rings. The van der Waals surface area contributed by atoms with E-state index in [4.69, 9.17) is 5.11 Å². The van der Waals surface area contributed by atoms with Crippen molar-refractivity contribution in [3.8, 4) is 0 Å². The van der Waals surface area contributed by atoms with Crippen molar-refractivity contribution in [1.82, 2.24) is 26.3 Å². The third-order valence-corrected chi connectivity index (χ3v) is 7.03. The van der Waals surface area contributed by atoms with Gasteiger partial charge in [-0.3, -0.25) is 19.6 Å². The summed E-state index contributed by atoms with van der Waals surface area (Å²) < 4.78 is 0. The van der Waals surface area contributed by atoms with E-state index >= 15 is 0 Å². The second-order valence-corrected chi connectivity index (χ2v) is 9.60. The van der Waals surface area contributed by atoms with Gasteiger partial charge in [0.1, 0.15) is 0 Å². The van der Waals surface area contributed by atoms with Gasteiger partial charge in [-0.15, -0.1) is 0 Å². The third kappa shape index (κ3) is 7.92. The summed E-state index contributed by atoms with van der Waals surface area (Å²) in [5, 5.41) is 26.1. The zero-order valence-electron chi connectivity index (χ0n) is 20.4. The van der Waals surface area contributed by atoms with Crippen LogP contribution in [0.2, 0.25) is 0 Å². The number of likely N-dealkylation sites (tertiary alicyclic amines) is 1. The molecule has 6 N–H and O–H groups in total. The number of nitrogens with one attached hydrogen (secondary N) is 4. The summed E-state index contributed by atoms with van der Waals surface area (Å²) in [6.45, 7) is 2.51. The summed E-state index contributed by atoms with van der Waals surface area (Å²) in [5.41, 5.74) is 2.88. The van der Waals surface area contributed by atoms with E-state index in [0.29, 0.717) is 45.6 Å². The monoisotopic (exact) mass is 503 g/mol. The maximum absolute atomic E-state index is 13.3. The largest absolute Gasteiger partial charge is 0.465 e. The molecule has 36 heavy (non-hydrogen) atoms. The fraction of sp³-hybridized carbons (Fsp3) is 0.600. The molecule has 2 unspecified atom stereocenters. The SMILES string of the molecule is O=C(O)NCCCCCNC(=O)CC1CN[C@H](C(=O)N2CCC(c3ccccc3)C2)[C@@H](C(=O)NO)C1. The van der Waals surface area contributed by atoms with Crippen molar-refractivity contribution in [2.45, 2.75) is 50.5 Å². The average Bonchev–Trinajstić information content (AvgIpc) is 3.38. The Balaban J connectivity index is 1.45. The van der Waals surface area contributed by atoms with E-state index in [2.05, 4.69) is 28.1 Å². The van der Waals surface area contributed by atoms with Crippen LogP contribution in [0.15, 0.2) is 30.3 Å². The molecule has 0 bridgehead atoms. The highest BCUT2D eigenvalue weighted by atomic mass is 16.5. The van der Waals surface area contributed by atoms with Crippen molar-refractivity contribution in [3.05, 3.63) is 35.9 Å². The molecule has 2 aliphatic rings. The minimum Gasteiger partial charge on any atom is -0.465 e. The van der Waals surface area contributed by atoms with Gasteiger partial charge < -0.3 is 26.0 Å². The molecule has 1 aromatic carbocycles. The van der Waals surface area contributed by atoms with Crippen molar-refractivity contribution >= 4 is 23.8 Å². The molecule has 198 valence electrons. The number of carbonyl (C=O) groups excluding carboxylic acids is 3. The van der Waals surface area contributed by atoms with Gasteiger partial charge in [-0.05, 0) is 50.1 Å². The number of rotatable bonds is 11. The Hall–Kier alpha value is -3.18. The molecule has 2 heterocycles. The predicted molar refractivity (Wildman–Crippen MR) is 131 cm³/mol. The molecule has 0 saturated carbocycles. The molecule has 0 radical (unpaired) electrons. The smallest absolute Gasteiger partial charge is 0.404 e. The normalized spacial score (nSPS) is 23.6. The van der Waals surface area contributed by atoms with Gasteiger partial charge in [-0.25, -0.2) is 10.3 Å². The summed E-state index contributed by atoms with van der Waals surface area (Å²) in [7, 11) is 0. The standard InChI is InChI=1S/C25H37N5O6/c31-21(26-10-5-2-6-11-27-25(34)35)14-17-13-20(23(32)29-36)22(28-15-17)24(33)30-12-9-19(16-30)18-7-3-1-4-8-18/h1,3-4,7-8,17,19-20,22,27-28,36H,2,5-6,9-16H2,(H,26,31)(H,29,32)(H,34,35)/t17?,19?,20-,22-/m0/s1. The fourth-order valence-corrected chi connectivity index (χ4v) is 5.11. The van der Waals surface area contributed by atoms with Crippen LogP contribution in [0, 0.1) is 11.8 Å². The minimum atomic E-state index is -1.04. The Bertz CT molecular complexity index is 898. The number of carbonyl (C=O) groups is 4. The van der Waals surface area contributed by atoms with Crippen LogP contribution in [0.3, 0.4) is 0 Å². The van der Waals surface area contributed by atoms with E-state index in [9.17, 15) is 24.4 Å². The molecule has 11 nitrogen and oxygen atoms in total. The number of carboxylic acid groups (broad SMARTS) is 1. The number of benzene rings is 1. The van der Waals surface area contributed by atoms with Gasteiger partial charge >= 0.3 is 6.09 Å². The number of hydrogen-bond acceptors (Lipinski definition) is 6. The van der Waals surface area contributed by atoms with Crippen molar-refractivity contribution in [1.29, 1.82) is 0 Å². The van der Waals surface area contributed by atoms with Crippen LogP contribution in [0.25, 0.3) is 0 Å². The molecule has 0 aliphatic carbocycles. The first-order valence-electron chi connectivity index (χ1n) is 12.6. The first-order valence-corrected chi connectivity index (χ1v) is 12.6. The highest BCUT2D eigenvalue weighted by Gasteiger charge is 2.42. The zero-order valence-corrected chi connectivity index (χ0v) is 20.4. The summed E-state index contributed by atoms with van der Waals surface area (Å²) in [4.78, 5) is 50.3. The second kappa shape index (κ2) is 13.8. The average molecular weight is 504 g/mol. The number of amides is 4. The molecule has 4 amide bonds. The van der Waals surface area contributed by atoms with Crippen LogP contribution in [-0.4, -0.2) is 77.8 Å². The van der Waals surface area contributed by atoms with E-state index in [1.54, 1.807) is 10.4 Å². The number of unbranched alkanes of at least 4 members (excludes halogenated alkanes) is 2. The molecule has 0 aromatic heterocycles. The number of hydroxylamine groups is 1. The predicted octanol–water partition coefficient (Wildman–Crippen LogP) is 1.05. The quantitative estimate of drug-likeness (QED) is 0.149. The van der Waals surface area contributed by atoms with Crippen LogP contribution in [0.4, 0.5) is 4.79 Å². The van der Waals surface area contributed by atoms with Crippen molar-refractivity contribution in [2.24, 2.45) is 11.8 Å². The Morgan fingerprint density at radius 2 is 1.75 bits per heavy atom. The Labute approximate surface area is 211 Å². The molecule has 2 saturated heterocycles. The summed E-state index contributed by atoms with van der Waals surface area (Å²) in [6.07, 6.45) is 2.57. The second-order valence-electron chi connectivity index (χ2n) is 9.60. The topological polar surface area (TPSA) is 160 Å². The lowest BCUT2D eigenvalue weighted by molar-refractivity contribution is -0.144. The first kappa shape index (κ1) is 27.4. The van der Waals surface area contributed by atoms with E-state index in [1.807, 2.05) is 18.2 Å². The molecule has 4 atom stereocenters. The summed E-state index contributed by atoms with van der Waals surface area (Å²) in [5.74, 6) is -1.57. The molecular weight excluding hydrogens is 466 g/mol. The van der Waals surface area contributed by atoms with E-state index in [0.717, 1.165) is 19.3 Å². The van der Waals surface area contributed by atoms with Crippen LogP contribution in [-0.2, 0) is 14.4 Å². The maximum Gasteiger partial charge on any atom is 0.404 e. The van der Waals surface area contributed by atoms with E-state index in [1.165, 1.54) is 5.56 Å². The first-order chi connectivity index (χ1) is 17.4. The molecular formula is C25H37N5O6. The highest BCUT2D eigenvalue weighted by Crippen LogP contribution is 2.30. The maximum atomic E-state index is 13.3. The van der Waals surface area contributed by atoms with Gasteiger partial charge in [0.05, 0.1) is 12.0 Å². The van der Waals surface area contributed by atoms with Gasteiger partial charge in [-0.2, -0.15) is 0 Å². The van der Waals surface area contributed by atoms with Crippen LogP contribution in [0.1, 0.15) is 50.0 Å². The van der Waals surface area contributed by atoms with Crippen LogP contribution in [0.5, 0.6) is 0 Å². The Morgan fingerprint density at radius 1 is 1.03 bits per heavy atom. The van der Waals surface area contributed by atoms with Gasteiger partial charge in [0.15, 0.2) is 0 Å². The Morgan fingerprint density at radius 3 is 2.44 bits per heavy atom. The zero-order chi connectivity index (χ0) is 25.9. The van der Waals surface area contributed by atoms with Crippen LogP contribution < -0.4 is 21.4 Å². The van der Waals surface area contributed by atoms with Gasteiger partial charge in [0, 0.05) is 38.5 Å². The number of nitrogens with zero attached hydrogens (tertiary/aromatic N) is 1. The number of hydrogen-bond donors (Lipinski definition) is 6. The van der Waals surface area contributed by atoms with Gasteiger partial charge in [0.2, 0.25) is 17.7 Å². The van der Waals surface area contributed by atoms with E-state index < -0.39 is 24.0 Å². The van der Waals surface area contributed by atoms with Crippen LogP contribution >= 0.6 is 0 Å². The molecule has 3 rings (SSSR count). The molecule has 0 spiro atoms. The molecule has 2 fully saturated rings. The lowest BCUT2D eigenvalue weighted by Crippen LogP contribution is -2.58. The summed E-state index contributed by atoms with van der Waals surface area (Å²) in [6, 6.07) is 9.31. The van der Waals surface area contributed by atoms with Crippen molar-refractivity contribution < 1.29 is 29.5 Å². The Kier molecular flexibility index (Phi) is 10.5. The van der Waals surface area contributed by atoms with Gasteiger partial charge in [0.25, 0.3) is 0 Å². The fourth-order valence-electron chi connectivity index (χ4n) is 5.11. The number of piperidine rings is 1. The minimum absolute atomic E-state index is 0.136. The van der Waals surface area contributed by atoms with Crippen molar-refractivity contribution in [3.63, 3.8) is 0 Å².